The molecule has 1 saturated heterocycles. The molecular formula is C12H15ClN2O2. The van der Waals surface area contributed by atoms with Crippen LogP contribution in [0.25, 0.3) is 0 Å². The van der Waals surface area contributed by atoms with E-state index in [0.717, 1.165) is 17.7 Å². The number of carbonyl (C=O) groups is 1. The van der Waals surface area contributed by atoms with Gasteiger partial charge >= 0.3 is 0 Å². The zero-order valence-corrected chi connectivity index (χ0v) is 10.6. The molecule has 1 unspecified atom stereocenters. The van der Waals surface area contributed by atoms with E-state index in [2.05, 4.69) is 10.6 Å². The van der Waals surface area contributed by atoms with Gasteiger partial charge in [-0.2, -0.15) is 0 Å². The molecule has 5 heteroatoms. The van der Waals surface area contributed by atoms with Gasteiger partial charge in [-0.05, 0) is 30.2 Å². The van der Waals surface area contributed by atoms with E-state index in [0.29, 0.717) is 17.3 Å². The van der Waals surface area contributed by atoms with Gasteiger partial charge in [0.15, 0.2) is 0 Å². The number of methoxy groups -OCH3 is 1. The SMILES string of the molecule is COc1cc(C)c(C2NCCNC2=O)cc1Cl. The van der Waals surface area contributed by atoms with Gasteiger partial charge in [-0.3, -0.25) is 4.79 Å². The fourth-order valence-corrected chi connectivity index (χ4v) is 2.24. The molecule has 0 saturated carbocycles. The van der Waals surface area contributed by atoms with Gasteiger partial charge in [0.05, 0.1) is 12.1 Å². The maximum atomic E-state index is 11.8. The summed E-state index contributed by atoms with van der Waals surface area (Å²) < 4.78 is 5.14. The molecular weight excluding hydrogens is 240 g/mol. The van der Waals surface area contributed by atoms with E-state index < -0.39 is 0 Å². The highest BCUT2D eigenvalue weighted by atomic mass is 35.5. The second-order valence-corrected chi connectivity index (χ2v) is 4.43. The molecule has 1 aromatic rings. The van der Waals surface area contributed by atoms with Crippen molar-refractivity contribution in [3.63, 3.8) is 0 Å². The number of amides is 1. The molecule has 1 heterocycles. The minimum absolute atomic E-state index is 0.0133. The number of hydrogen-bond donors (Lipinski definition) is 2. The van der Waals surface area contributed by atoms with Crippen molar-refractivity contribution in [2.24, 2.45) is 0 Å². The molecule has 0 bridgehead atoms. The normalized spacial score (nSPS) is 19.9. The van der Waals surface area contributed by atoms with Crippen LogP contribution in [0.3, 0.4) is 0 Å². The Morgan fingerprint density at radius 1 is 1.41 bits per heavy atom. The Balaban J connectivity index is 2.38. The first-order valence-electron chi connectivity index (χ1n) is 5.48. The fourth-order valence-electron chi connectivity index (χ4n) is 1.99. The molecule has 2 rings (SSSR count). The van der Waals surface area contributed by atoms with Crippen LogP contribution in [0.15, 0.2) is 12.1 Å². The number of halogens is 1. The standard InChI is InChI=1S/C12H15ClN2O2/c1-7-5-10(17-2)9(13)6-8(7)11-12(16)15-4-3-14-11/h5-6,11,14H,3-4H2,1-2H3,(H,15,16). The highest BCUT2D eigenvalue weighted by molar-refractivity contribution is 6.32. The van der Waals surface area contributed by atoms with Crippen molar-refractivity contribution in [3.8, 4) is 5.75 Å². The lowest BCUT2D eigenvalue weighted by Crippen LogP contribution is -2.47. The molecule has 0 aromatic heterocycles. The van der Waals surface area contributed by atoms with Crippen LogP contribution >= 0.6 is 11.6 Å². The average Bonchev–Trinajstić information content (AvgIpc) is 2.32. The van der Waals surface area contributed by atoms with Crippen molar-refractivity contribution in [1.82, 2.24) is 10.6 Å². The Kier molecular flexibility index (Phi) is 3.54. The number of ether oxygens (including phenoxy) is 1. The second-order valence-electron chi connectivity index (χ2n) is 4.02. The minimum atomic E-state index is -0.327. The van der Waals surface area contributed by atoms with Gasteiger partial charge in [0.1, 0.15) is 11.8 Å². The van der Waals surface area contributed by atoms with Crippen LogP contribution in [0.5, 0.6) is 5.75 Å². The third-order valence-corrected chi connectivity index (χ3v) is 3.18. The third kappa shape index (κ3) is 2.37. The van der Waals surface area contributed by atoms with E-state index in [1.54, 1.807) is 13.2 Å². The molecule has 1 amide bonds. The quantitative estimate of drug-likeness (QED) is 0.839. The lowest BCUT2D eigenvalue weighted by atomic mass is 9.99. The van der Waals surface area contributed by atoms with E-state index >= 15 is 0 Å². The summed E-state index contributed by atoms with van der Waals surface area (Å²) in [6, 6.07) is 3.31. The number of hydrogen-bond acceptors (Lipinski definition) is 3. The summed E-state index contributed by atoms with van der Waals surface area (Å²) in [5.41, 5.74) is 1.88. The molecule has 17 heavy (non-hydrogen) atoms. The molecule has 1 aliphatic rings. The van der Waals surface area contributed by atoms with Crippen LogP contribution in [0.2, 0.25) is 5.02 Å². The van der Waals surface area contributed by atoms with Crippen LogP contribution in [0.1, 0.15) is 17.2 Å². The van der Waals surface area contributed by atoms with Crippen molar-refractivity contribution in [1.29, 1.82) is 0 Å². The minimum Gasteiger partial charge on any atom is -0.495 e. The van der Waals surface area contributed by atoms with Gasteiger partial charge in [0.25, 0.3) is 0 Å². The Hall–Kier alpha value is -1.26. The van der Waals surface area contributed by atoms with Crippen molar-refractivity contribution in [2.45, 2.75) is 13.0 Å². The lowest BCUT2D eigenvalue weighted by Gasteiger charge is -2.25. The van der Waals surface area contributed by atoms with E-state index in [4.69, 9.17) is 16.3 Å². The molecule has 0 aliphatic carbocycles. The van der Waals surface area contributed by atoms with Crippen molar-refractivity contribution < 1.29 is 9.53 Å². The van der Waals surface area contributed by atoms with E-state index in [1.165, 1.54) is 0 Å². The summed E-state index contributed by atoms with van der Waals surface area (Å²) in [5.74, 6) is 0.615. The van der Waals surface area contributed by atoms with Gasteiger partial charge in [-0.1, -0.05) is 11.6 Å². The van der Waals surface area contributed by atoms with Crippen molar-refractivity contribution in [3.05, 3.63) is 28.3 Å². The highest BCUT2D eigenvalue weighted by Crippen LogP contribution is 2.31. The summed E-state index contributed by atoms with van der Waals surface area (Å²) in [4.78, 5) is 11.8. The van der Waals surface area contributed by atoms with Crippen LogP contribution in [0.4, 0.5) is 0 Å². The van der Waals surface area contributed by atoms with Crippen LogP contribution in [-0.4, -0.2) is 26.1 Å². The predicted molar refractivity (Wildman–Crippen MR) is 66.5 cm³/mol. The molecule has 4 nitrogen and oxygen atoms in total. The van der Waals surface area contributed by atoms with Gasteiger partial charge in [0.2, 0.25) is 5.91 Å². The van der Waals surface area contributed by atoms with E-state index in [-0.39, 0.29) is 11.9 Å². The summed E-state index contributed by atoms with van der Waals surface area (Å²) in [6.07, 6.45) is 0. The topological polar surface area (TPSA) is 50.4 Å². The molecule has 1 fully saturated rings. The van der Waals surface area contributed by atoms with Crippen LogP contribution in [0, 0.1) is 6.92 Å². The van der Waals surface area contributed by atoms with Gasteiger partial charge in [-0.15, -0.1) is 0 Å². The second kappa shape index (κ2) is 4.94. The molecule has 1 aromatic carbocycles. The monoisotopic (exact) mass is 254 g/mol. The average molecular weight is 255 g/mol. The largest absolute Gasteiger partial charge is 0.495 e. The van der Waals surface area contributed by atoms with Gasteiger partial charge in [-0.25, -0.2) is 0 Å². The number of aryl methyl sites for hydroxylation is 1. The number of piperazine rings is 1. The maximum absolute atomic E-state index is 11.8. The Morgan fingerprint density at radius 3 is 2.82 bits per heavy atom. The van der Waals surface area contributed by atoms with Crippen LogP contribution < -0.4 is 15.4 Å². The first-order valence-corrected chi connectivity index (χ1v) is 5.86. The maximum Gasteiger partial charge on any atom is 0.241 e. The molecule has 1 atom stereocenters. The summed E-state index contributed by atoms with van der Waals surface area (Å²) in [7, 11) is 1.58. The third-order valence-electron chi connectivity index (χ3n) is 2.89. The number of nitrogens with one attached hydrogen (secondary N) is 2. The van der Waals surface area contributed by atoms with Crippen molar-refractivity contribution in [2.75, 3.05) is 20.2 Å². The summed E-state index contributed by atoms with van der Waals surface area (Å²) in [5, 5.41) is 6.53. The lowest BCUT2D eigenvalue weighted by molar-refractivity contribution is -0.124. The number of benzene rings is 1. The molecule has 1 aliphatic heterocycles. The van der Waals surface area contributed by atoms with E-state index in [9.17, 15) is 4.79 Å². The first kappa shape index (κ1) is 12.2. The molecule has 2 N–H and O–H groups in total. The predicted octanol–water partition coefficient (Wildman–Crippen LogP) is 1.42. The zero-order chi connectivity index (χ0) is 12.4. The summed E-state index contributed by atoms with van der Waals surface area (Å²) >= 11 is 6.08. The van der Waals surface area contributed by atoms with Gasteiger partial charge in [0, 0.05) is 13.1 Å². The molecule has 0 spiro atoms. The zero-order valence-electron chi connectivity index (χ0n) is 9.84. The van der Waals surface area contributed by atoms with Gasteiger partial charge < -0.3 is 15.4 Å². The fraction of sp³-hybridized carbons (Fsp3) is 0.417. The first-order chi connectivity index (χ1) is 8.13. The Labute approximate surface area is 105 Å². The molecule has 92 valence electrons. The number of rotatable bonds is 2. The van der Waals surface area contributed by atoms with E-state index in [1.807, 2.05) is 13.0 Å². The Bertz CT molecular complexity index is 448. The Morgan fingerprint density at radius 2 is 2.18 bits per heavy atom. The van der Waals surface area contributed by atoms with Crippen LogP contribution in [-0.2, 0) is 4.79 Å². The van der Waals surface area contributed by atoms with Crippen molar-refractivity contribution >= 4 is 17.5 Å². The highest BCUT2D eigenvalue weighted by Gasteiger charge is 2.25. The molecule has 0 radical (unpaired) electrons. The summed E-state index contributed by atoms with van der Waals surface area (Å²) in [6.45, 7) is 3.37. The number of carbonyl (C=O) groups excluding carboxylic acids is 1. The smallest absolute Gasteiger partial charge is 0.241 e.